The normalized spacial score (nSPS) is 13.2. The highest BCUT2D eigenvalue weighted by Gasteiger charge is 2.05. The number of aromatic nitrogens is 2. The number of ether oxygens (including phenoxy) is 1. The van der Waals surface area contributed by atoms with Gasteiger partial charge in [0.1, 0.15) is 0 Å². The lowest BCUT2D eigenvalue weighted by molar-refractivity contribution is 0.133. The number of nitrogens with two attached hydrogens (primary N) is 1. The maximum Gasteiger partial charge on any atom is 0.0640 e. The van der Waals surface area contributed by atoms with Crippen LogP contribution in [0.25, 0.3) is 0 Å². The van der Waals surface area contributed by atoms with E-state index in [-0.39, 0.29) is 6.04 Å². The van der Waals surface area contributed by atoms with Crippen LogP contribution in [0.3, 0.4) is 0 Å². The third-order valence-corrected chi connectivity index (χ3v) is 1.78. The van der Waals surface area contributed by atoms with E-state index in [1.807, 2.05) is 26.2 Å². The molecule has 4 heteroatoms. The van der Waals surface area contributed by atoms with E-state index in [4.69, 9.17) is 10.5 Å². The molecule has 1 unspecified atom stereocenters. The van der Waals surface area contributed by atoms with E-state index in [2.05, 4.69) is 5.10 Å². The van der Waals surface area contributed by atoms with E-state index in [9.17, 15) is 0 Å². The lowest BCUT2D eigenvalue weighted by Gasteiger charge is -2.08. The molecule has 0 radical (unpaired) electrons. The monoisotopic (exact) mass is 183 g/mol. The van der Waals surface area contributed by atoms with Crippen molar-refractivity contribution in [1.82, 2.24) is 9.78 Å². The van der Waals surface area contributed by atoms with Crippen LogP contribution in [0.5, 0.6) is 0 Å². The molecule has 13 heavy (non-hydrogen) atoms. The molecule has 0 aromatic carbocycles. The quantitative estimate of drug-likeness (QED) is 0.715. The Morgan fingerprint density at radius 1 is 1.69 bits per heavy atom. The minimum atomic E-state index is 0.0508. The highest BCUT2D eigenvalue weighted by molar-refractivity contribution is 5.00. The van der Waals surface area contributed by atoms with Crippen LogP contribution in [0.4, 0.5) is 0 Å². The van der Waals surface area contributed by atoms with Gasteiger partial charge in [0.2, 0.25) is 0 Å². The van der Waals surface area contributed by atoms with E-state index in [0.717, 1.165) is 18.7 Å². The smallest absolute Gasteiger partial charge is 0.0640 e. The minimum absolute atomic E-state index is 0.0508. The molecule has 74 valence electrons. The lowest BCUT2D eigenvalue weighted by Crippen LogP contribution is -2.28. The Balaban J connectivity index is 2.31. The van der Waals surface area contributed by atoms with Gasteiger partial charge in [-0.15, -0.1) is 0 Å². The summed E-state index contributed by atoms with van der Waals surface area (Å²) in [5.41, 5.74) is 6.85. The van der Waals surface area contributed by atoms with Crippen molar-refractivity contribution in [3.05, 3.63) is 18.0 Å². The van der Waals surface area contributed by atoms with Crippen LogP contribution in [0.1, 0.15) is 12.6 Å². The largest absolute Gasteiger partial charge is 0.380 e. The molecule has 0 aliphatic rings. The van der Waals surface area contributed by atoms with Crippen LogP contribution < -0.4 is 5.73 Å². The van der Waals surface area contributed by atoms with Gasteiger partial charge in [0, 0.05) is 32.3 Å². The molecule has 0 aliphatic heterocycles. The van der Waals surface area contributed by atoms with E-state index < -0.39 is 0 Å². The Morgan fingerprint density at radius 2 is 2.46 bits per heavy atom. The molecule has 0 fully saturated rings. The maximum absolute atomic E-state index is 5.83. The molecular weight excluding hydrogens is 166 g/mol. The van der Waals surface area contributed by atoms with Gasteiger partial charge in [0.15, 0.2) is 0 Å². The van der Waals surface area contributed by atoms with E-state index in [0.29, 0.717) is 6.61 Å². The SMILES string of the molecule is CCOCC(N)Cc1ccn(C)n1. The van der Waals surface area contributed by atoms with Gasteiger partial charge in [-0.2, -0.15) is 5.10 Å². The molecule has 0 saturated carbocycles. The van der Waals surface area contributed by atoms with Gasteiger partial charge in [-0.05, 0) is 13.0 Å². The molecule has 0 spiro atoms. The topological polar surface area (TPSA) is 53.1 Å². The second-order valence-corrected chi connectivity index (χ2v) is 3.10. The predicted octanol–water partition coefficient (Wildman–Crippen LogP) is 0.326. The van der Waals surface area contributed by atoms with Crippen molar-refractivity contribution < 1.29 is 4.74 Å². The molecule has 1 atom stereocenters. The molecule has 1 aromatic rings. The fraction of sp³-hybridized carbons (Fsp3) is 0.667. The molecule has 0 aliphatic carbocycles. The van der Waals surface area contributed by atoms with Gasteiger partial charge >= 0.3 is 0 Å². The highest BCUT2D eigenvalue weighted by atomic mass is 16.5. The van der Waals surface area contributed by atoms with E-state index in [1.54, 1.807) is 4.68 Å². The van der Waals surface area contributed by atoms with Crippen LogP contribution in [0, 0.1) is 0 Å². The van der Waals surface area contributed by atoms with Gasteiger partial charge in [-0.25, -0.2) is 0 Å². The van der Waals surface area contributed by atoms with E-state index in [1.165, 1.54) is 0 Å². The van der Waals surface area contributed by atoms with Crippen LogP contribution in [-0.4, -0.2) is 29.0 Å². The second kappa shape index (κ2) is 4.99. The molecule has 0 bridgehead atoms. The summed E-state index contributed by atoms with van der Waals surface area (Å²) < 4.78 is 7.00. The lowest BCUT2D eigenvalue weighted by atomic mass is 10.2. The van der Waals surface area contributed by atoms with Crippen molar-refractivity contribution in [2.75, 3.05) is 13.2 Å². The number of nitrogens with zero attached hydrogens (tertiary/aromatic N) is 2. The van der Waals surface area contributed by atoms with Crippen LogP contribution in [-0.2, 0) is 18.2 Å². The molecule has 0 amide bonds. The van der Waals surface area contributed by atoms with Gasteiger partial charge in [-0.3, -0.25) is 4.68 Å². The standard InChI is InChI=1S/C9H17N3O/c1-3-13-7-8(10)6-9-4-5-12(2)11-9/h4-5,8H,3,6-7,10H2,1-2H3. The van der Waals surface area contributed by atoms with Gasteiger partial charge in [0.25, 0.3) is 0 Å². The molecule has 1 aromatic heterocycles. The van der Waals surface area contributed by atoms with Crippen molar-refractivity contribution >= 4 is 0 Å². The fourth-order valence-electron chi connectivity index (χ4n) is 1.17. The molecule has 1 heterocycles. The first-order chi connectivity index (χ1) is 6.22. The van der Waals surface area contributed by atoms with Crippen molar-refractivity contribution in [2.24, 2.45) is 12.8 Å². The maximum atomic E-state index is 5.83. The first-order valence-corrected chi connectivity index (χ1v) is 4.54. The average Bonchev–Trinajstić information content (AvgIpc) is 2.48. The third-order valence-electron chi connectivity index (χ3n) is 1.78. The zero-order chi connectivity index (χ0) is 9.68. The first kappa shape index (κ1) is 10.2. The fourth-order valence-corrected chi connectivity index (χ4v) is 1.17. The van der Waals surface area contributed by atoms with Crippen molar-refractivity contribution in [1.29, 1.82) is 0 Å². The Morgan fingerprint density at radius 3 is 3.00 bits per heavy atom. The number of hydrogen-bond donors (Lipinski definition) is 1. The number of aryl methyl sites for hydroxylation is 1. The third kappa shape index (κ3) is 3.57. The first-order valence-electron chi connectivity index (χ1n) is 4.54. The van der Waals surface area contributed by atoms with Crippen LogP contribution >= 0.6 is 0 Å². The number of rotatable bonds is 5. The Labute approximate surface area is 78.7 Å². The van der Waals surface area contributed by atoms with Gasteiger partial charge in [-0.1, -0.05) is 0 Å². The van der Waals surface area contributed by atoms with Crippen molar-refractivity contribution in [2.45, 2.75) is 19.4 Å². The van der Waals surface area contributed by atoms with Gasteiger partial charge in [0.05, 0.1) is 12.3 Å². The highest BCUT2D eigenvalue weighted by Crippen LogP contribution is 1.98. The van der Waals surface area contributed by atoms with Crippen molar-refractivity contribution in [3.8, 4) is 0 Å². The molecule has 2 N–H and O–H groups in total. The predicted molar refractivity (Wildman–Crippen MR) is 51.4 cm³/mol. The van der Waals surface area contributed by atoms with Gasteiger partial charge < -0.3 is 10.5 Å². The Hall–Kier alpha value is -0.870. The van der Waals surface area contributed by atoms with E-state index >= 15 is 0 Å². The van der Waals surface area contributed by atoms with Crippen LogP contribution in [0.2, 0.25) is 0 Å². The summed E-state index contributed by atoms with van der Waals surface area (Å²) in [5.74, 6) is 0. The summed E-state index contributed by atoms with van der Waals surface area (Å²) in [7, 11) is 1.90. The minimum Gasteiger partial charge on any atom is -0.380 e. The average molecular weight is 183 g/mol. The molecular formula is C9H17N3O. The summed E-state index contributed by atoms with van der Waals surface area (Å²) in [6.07, 6.45) is 2.70. The summed E-state index contributed by atoms with van der Waals surface area (Å²) in [5, 5.41) is 4.24. The zero-order valence-corrected chi connectivity index (χ0v) is 8.23. The molecule has 4 nitrogen and oxygen atoms in total. The van der Waals surface area contributed by atoms with Crippen LogP contribution in [0.15, 0.2) is 12.3 Å². The molecule has 0 saturated heterocycles. The summed E-state index contributed by atoms with van der Waals surface area (Å²) in [4.78, 5) is 0. The Kier molecular flexibility index (Phi) is 3.92. The summed E-state index contributed by atoms with van der Waals surface area (Å²) in [6.45, 7) is 3.29. The summed E-state index contributed by atoms with van der Waals surface area (Å²) >= 11 is 0. The second-order valence-electron chi connectivity index (χ2n) is 3.10. The zero-order valence-electron chi connectivity index (χ0n) is 8.23. The number of hydrogen-bond acceptors (Lipinski definition) is 3. The summed E-state index contributed by atoms with van der Waals surface area (Å²) in [6, 6.07) is 2.03. The van der Waals surface area contributed by atoms with Crippen molar-refractivity contribution in [3.63, 3.8) is 0 Å². The molecule has 1 rings (SSSR count). The Bertz CT molecular complexity index is 247.